The van der Waals surface area contributed by atoms with Crippen LogP contribution in [0.25, 0.3) is 33.5 Å². The van der Waals surface area contributed by atoms with Gasteiger partial charge in [0.15, 0.2) is 0 Å². The lowest BCUT2D eigenvalue weighted by atomic mass is 10.1. The van der Waals surface area contributed by atoms with Gasteiger partial charge in [0.2, 0.25) is 11.3 Å². The van der Waals surface area contributed by atoms with Gasteiger partial charge in [0.25, 0.3) is 0 Å². The molecule has 0 aliphatic rings. The Bertz CT molecular complexity index is 1210. The van der Waals surface area contributed by atoms with Crippen molar-refractivity contribution in [1.82, 2.24) is 14.6 Å². The number of hydrogen-bond donors (Lipinski definition) is 1. The van der Waals surface area contributed by atoms with Crippen molar-refractivity contribution in [3.63, 3.8) is 0 Å². The first-order valence-corrected chi connectivity index (χ1v) is 7.52. The van der Waals surface area contributed by atoms with Crippen LogP contribution in [-0.2, 0) is 6.18 Å². The lowest BCUT2D eigenvalue weighted by Gasteiger charge is -2.10. The maximum Gasteiger partial charge on any atom is 0.417 e. The van der Waals surface area contributed by atoms with Gasteiger partial charge in [-0.2, -0.15) is 13.2 Å². The summed E-state index contributed by atoms with van der Waals surface area (Å²) in [5, 5.41) is -0.354. The van der Waals surface area contributed by atoms with Crippen LogP contribution in [0.5, 0.6) is 0 Å². The van der Waals surface area contributed by atoms with Gasteiger partial charge in [-0.05, 0) is 13.0 Å². The van der Waals surface area contributed by atoms with Gasteiger partial charge >= 0.3 is 11.7 Å². The van der Waals surface area contributed by atoms with E-state index in [2.05, 4.69) is 9.97 Å². The summed E-state index contributed by atoms with van der Waals surface area (Å²) in [5.41, 5.74) is -2.07. The van der Waals surface area contributed by atoms with Crippen LogP contribution in [0.4, 0.5) is 13.2 Å². The largest absolute Gasteiger partial charge is 0.430 e. The fourth-order valence-electron chi connectivity index (χ4n) is 2.79. The van der Waals surface area contributed by atoms with Crippen molar-refractivity contribution < 1.29 is 17.6 Å². The highest BCUT2D eigenvalue weighted by atomic mass is 19.4. The molecule has 4 aromatic rings. The molecule has 3 aromatic heterocycles. The molecule has 0 radical (unpaired) electrons. The summed E-state index contributed by atoms with van der Waals surface area (Å²) in [6.45, 7) is 1.42. The number of fused-ring (bicyclic) bond motifs is 3. The molecule has 0 unspecified atom stereocenters. The lowest BCUT2D eigenvalue weighted by molar-refractivity contribution is -0.136. The molecule has 0 saturated carbocycles. The zero-order chi connectivity index (χ0) is 18.6. The Kier molecular flexibility index (Phi) is 3.30. The first-order chi connectivity index (χ1) is 12.3. The zero-order valence-electron chi connectivity index (χ0n) is 13.3. The molecule has 9 heteroatoms. The average molecular weight is 360 g/mol. The molecule has 3 heterocycles. The molecular formula is C17H11F3N4O2. The van der Waals surface area contributed by atoms with Crippen molar-refractivity contribution in [1.29, 1.82) is 0 Å². The third kappa shape index (κ3) is 2.32. The molecule has 0 aliphatic heterocycles. The number of rotatable bonds is 1. The van der Waals surface area contributed by atoms with Crippen molar-refractivity contribution in [2.45, 2.75) is 13.1 Å². The fraction of sp³-hybridized carbons (Fsp3) is 0.118. The minimum Gasteiger partial charge on any atom is -0.430 e. The van der Waals surface area contributed by atoms with Crippen LogP contribution in [0, 0.1) is 6.92 Å². The molecule has 1 aromatic carbocycles. The number of nitrogens with zero attached hydrogens (tertiary/aromatic N) is 3. The number of alkyl halides is 3. The molecule has 132 valence electrons. The van der Waals surface area contributed by atoms with E-state index in [0.29, 0.717) is 5.56 Å². The summed E-state index contributed by atoms with van der Waals surface area (Å²) in [4.78, 5) is 20.4. The lowest BCUT2D eigenvalue weighted by Crippen LogP contribution is -2.29. The van der Waals surface area contributed by atoms with Gasteiger partial charge < -0.3 is 10.3 Å². The first kappa shape index (κ1) is 16.1. The third-order valence-electron chi connectivity index (χ3n) is 4.05. The van der Waals surface area contributed by atoms with Crippen molar-refractivity contribution >= 4 is 22.2 Å². The second-order valence-corrected chi connectivity index (χ2v) is 5.71. The summed E-state index contributed by atoms with van der Waals surface area (Å²) in [7, 11) is 0. The number of halogens is 3. The van der Waals surface area contributed by atoms with Crippen LogP contribution in [0.2, 0.25) is 0 Å². The number of hydrogen-bond acceptors (Lipinski definition) is 5. The number of furan rings is 1. The van der Waals surface area contributed by atoms with E-state index in [9.17, 15) is 18.0 Å². The van der Waals surface area contributed by atoms with E-state index >= 15 is 0 Å². The smallest absolute Gasteiger partial charge is 0.417 e. The highest BCUT2D eigenvalue weighted by molar-refractivity contribution is 6.03. The van der Waals surface area contributed by atoms with Crippen LogP contribution in [0.15, 0.2) is 45.6 Å². The van der Waals surface area contributed by atoms with Gasteiger partial charge in [-0.25, -0.2) is 14.6 Å². The number of aromatic nitrogens is 3. The maximum atomic E-state index is 13.7. The summed E-state index contributed by atoms with van der Waals surface area (Å²) in [6.07, 6.45) is -4.69. The highest BCUT2D eigenvalue weighted by Crippen LogP contribution is 2.39. The molecule has 0 fully saturated rings. The molecule has 0 saturated heterocycles. The SMILES string of the molecule is Cc1nc2c(oc3nc(-c4ccccc4)cc(C(F)(F)F)c32)c(=O)n1N. The molecule has 4 rings (SSSR count). The van der Waals surface area contributed by atoms with Crippen LogP contribution >= 0.6 is 0 Å². The van der Waals surface area contributed by atoms with Crippen molar-refractivity contribution in [2.24, 2.45) is 0 Å². The van der Waals surface area contributed by atoms with Gasteiger partial charge in [0.05, 0.1) is 16.6 Å². The van der Waals surface area contributed by atoms with Crippen LogP contribution in [-0.4, -0.2) is 14.6 Å². The monoisotopic (exact) mass is 360 g/mol. The predicted octanol–water partition coefficient (Wildman–Crippen LogP) is 3.25. The van der Waals surface area contributed by atoms with Crippen LogP contribution < -0.4 is 11.4 Å². The Morgan fingerprint density at radius 1 is 1.15 bits per heavy atom. The Hall–Kier alpha value is -3.36. The summed E-state index contributed by atoms with van der Waals surface area (Å²) < 4.78 is 47.1. The van der Waals surface area contributed by atoms with Crippen molar-refractivity contribution in [3.05, 3.63) is 58.1 Å². The number of nitrogens with two attached hydrogens (primary N) is 1. The second kappa shape index (κ2) is 5.32. The van der Waals surface area contributed by atoms with Gasteiger partial charge in [-0.1, -0.05) is 30.3 Å². The quantitative estimate of drug-likeness (QED) is 0.527. The molecule has 0 atom stereocenters. The maximum absolute atomic E-state index is 13.7. The normalized spacial score (nSPS) is 12.2. The molecule has 0 aliphatic carbocycles. The number of nitrogen functional groups attached to an aromatic ring is 1. The topological polar surface area (TPSA) is 86.9 Å². The third-order valence-corrected chi connectivity index (χ3v) is 4.05. The molecule has 0 spiro atoms. The Morgan fingerprint density at radius 2 is 1.85 bits per heavy atom. The van der Waals surface area contributed by atoms with E-state index < -0.39 is 17.3 Å². The van der Waals surface area contributed by atoms with E-state index in [0.717, 1.165) is 10.7 Å². The van der Waals surface area contributed by atoms with E-state index in [1.165, 1.54) is 6.92 Å². The standard InChI is InChI=1S/C17H11F3N4O2/c1-8-22-13-12-10(17(18,19)20)7-11(9-5-3-2-4-6-9)23-15(12)26-14(13)16(25)24(8)21/h2-7H,21H2,1H3. The number of aryl methyl sites for hydroxylation is 1. The molecule has 2 N–H and O–H groups in total. The fourth-order valence-corrected chi connectivity index (χ4v) is 2.79. The molecular weight excluding hydrogens is 349 g/mol. The number of benzene rings is 1. The molecule has 6 nitrogen and oxygen atoms in total. The van der Waals surface area contributed by atoms with E-state index in [-0.39, 0.29) is 33.7 Å². The second-order valence-electron chi connectivity index (χ2n) is 5.71. The van der Waals surface area contributed by atoms with Gasteiger partial charge in [0.1, 0.15) is 11.3 Å². The predicted molar refractivity (Wildman–Crippen MR) is 88.9 cm³/mol. The zero-order valence-corrected chi connectivity index (χ0v) is 13.3. The van der Waals surface area contributed by atoms with Crippen LogP contribution in [0.3, 0.4) is 0 Å². The molecule has 0 bridgehead atoms. The summed E-state index contributed by atoms with van der Waals surface area (Å²) >= 11 is 0. The van der Waals surface area contributed by atoms with Crippen molar-refractivity contribution in [2.75, 3.05) is 5.84 Å². The molecule has 26 heavy (non-hydrogen) atoms. The summed E-state index contributed by atoms with van der Waals surface area (Å²) in [6, 6.07) is 9.30. The summed E-state index contributed by atoms with van der Waals surface area (Å²) in [5.74, 6) is 5.61. The Balaban J connectivity index is 2.18. The van der Waals surface area contributed by atoms with E-state index in [4.69, 9.17) is 10.3 Å². The van der Waals surface area contributed by atoms with Gasteiger partial charge in [0, 0.05) is 5.56 Å². The highest BCUT2D eigenvalue weighted by Gasteiger charge is 2.36. The Morgan fingerprint density at radius 3 is 2.50 bits per heavy atom. The first-order valence-electron chi connectivity index (χ1n) is 7.52. The number of pyridine rings is 1. The minimum absolute atomic E-state index is 0.0606. The van der Waals surface area contributed by atoms with Crippen molar-refractivity contribution in [3.8, 4) is 11.3 Å². The molecule has 0 amide bonds. The van der Waals surface area contributed by atoms with Gasteiger partial charge in [-0.15, -0.1) is 0 Å². The van der Waals surface area contributed by atoms with E-state index in [1.54, 1.807) is 30.3 Å². The minimum atomic E-state index is -4.69. The van der Waals surface area contributed by atoms with E-state index in [1.807, 2.05) is 0 Å². The van der Waals surface area contributed by atoms with Gasteiger partial charge in [-0.3, -0.25) is 4.79 Å². The Labute approximate surface area is 143 Å². The average Bonchev–Trinajstić information content (AvgIpc) is 2.97. The van der Waals surface area contributed by atoms with Crippen LogP contribution in [0.1, 0.15) is 11.4 Å².